The molecular weight excluding hydrogens is 284 g/mol. The van der Waals surface area contributed by atoms with E-state index < -0.39 is 11.2 Å². The Labute approximate surface area is 133 Å². The van der Waals surface area contributed by atoms with Gasteiger partial charge >= 0.3 is 5.97 Å². The van der Waals surface area contributed by atoms with E-state index in [4.69, 9.17) is 14.2 Å². The molecule has 0 saturated carbocycles. The number of hydrogen-bond donors (Lipinski definition) is 0. The molecule has 1 rings (SSSR count). The monoisotopic (exact) mass is 314 g/mol. The molecule has 0 radical (unpaired) electrons. The van der Waals surface area contributed by atoms with E-state index >= 15 is 0 Å². The number of esters is 1. The van der Waals surface area contributed by atoms with E-state index in [1.165, 1.54) is 0 Å². The molecule has 0 aromatic rings. The SMILES string of the molecule is C[C@@H]1[C@@H]([C@H](C)COC(=O)C(C)(C)C)OC(C)(C)O[C@@H]1CC=O. The quantitative estimate of drug-likeness (QED) is 0.577. The van der Waals surface area contributed by atoms with Gasteiger partial charge in [-0.2, -0.15) is 0 Å². The van der Waals surface area contributed by atoms with Crippen molar-refractivity contribution < 1.29 is 23.8 Å². The van der Waals surface area contributed by atoms with Gasteiger partial charge in [-0.15, -0.1) is 0 Å². The molecule has 128 valence electrons. The minimum Gasteiger partial charge on any atom is -0.465 e. The number of carbonyl (C=O) groups excluding carboxylic acids is 2. The summed E-state index contributed by atoms with van der Waals surface area (Å²) in [5.74, 6) is -0.879. The maximum absolute atomic E-state index is 11.9. The molecule has 1 aliphatic heterocycles. The van der Waals surface area contributed by atoms with Crippen molar-refractivity contribution >= 4 is 12.3 Å². The van der Waals surface area contributed by atoms with Crippen LogP contribution in [0.1, 0.15) is 54.9 Å². The highest BCUT2D eigenvalue weighted by Gasteiger charge is 2.43. The van der Waals surface area contributed by atoms with Gasteiger partial charge in [0.1, 0.15) is 6.29 Å². The predicted molar refractivity (Wildman–Crippen MR) is 83.2 cm³/mol. The first-order valence-corrected chi connectivity index (χ1v) is 7.94. The van der Waals surface area contributed by atoms with Crippen molar-refractivity contribution in [3.63, 3.8) is 0 Å². The molecule has 1 saturated heterocycles. The van der Waals surface area contributed by atoms with Gasteiger partial charge in [0.05, 0.1) is 24.2 Å². The van der Waals surface area contributed by atoms with Gasteiger partial charge in [0, 0.05) is 18.3 Å². The fourth-order valence-corrected chi connectivity index (χ4v) is 2.66. The van der Waals surface area contributed by atoms with Crippen LogP contribution in [0.25, 0.3) is 0 Å². The van der Waals surface area contributed by atoms with Gasteiger partial charge in [-0.1, -0.05) is 13.8 Å². The van der Waals surface area contributed by atoms with Crippen LogP contribution in [0, 0.1) is 17.3 Å². The zero-order chi connectivity index (χ0) is 17.1. The van der Waals surface area contributed by atoms with E-state index in [0.717, 1.165) is 6.29 Å². The van der Waals surface area contributed by atoms with E-state index in [-0.39, 0.29) is 30.0 Å². The van der Waals surface area contributed by atoms with E-state index in [2.05, 4.69) is 0 Å². The van der Waals surface area contributed by atoms with Crippen molar-refractivity contribution in [3.05, 3.63) is 0 Å². The number of aldehydes is 1. The van der Waals surface area contributed by atoms with E-state index in [1.807, 2.05) is 48.5 Å². The fourth-order valence-electron chi connectivity index (χ4n) is 2.66. The summed E-state index contributed by atoms with van der Waals surface area (Å²) in [5, 5.41) is 0. The number of rotatable bonds is 5. The van der Waals surface area contributed by atoms with Crippen molar-refractivity contribution in [2.45, 2.75) is 72.9 Å². The minimum atomic E-state index is -0.743. The highest BCUT2D eigenvalue weighted by Crippen LogP contribution is 2.35. The lowest BCUT2D eigenvalue weighted by atomic mass is 9.86. The molecule has 4 atom stereocenters. The highest BCUT2D eigenvalue weighted by atomic mass is 16.7. The molecule has 0 amide bonds. The standard InChI is InChI=1S/C17H30O5/c1-11(10-20-15(19)16(3,4)5)14-12(2)13(8-9-18)21-17(6,7)22-14/h9,11-14H,8,10H2,1-7H3/t11-,12+,13-,14-/m1/s1. The predicted octanol–water partition coefficient (Wildman–Crippen LogP) is 2.96. The lowest BCUT2D eigenvalue weighted by molar-refractivity contribution is -0.327. The lowest BCUT2D eigenvalue weighted by Crippen LogP contribution is -2.53. The van der Waals surface area contributed by atoms with Crippen molar-refractivity contribution in [3.8, 4) is 0 Å². The van der Waals surface area contributed by atoms with Crippen molar-refractivity contribution in [1.82, 2.24) is 0 Å². The second-order valence-electron chi connectivity index (χ2n) is 7.73. The van der Waals surface area contributed by atoms with Crippen molar-refractivity contribution in [1.29, 1.82) is 0 Å². The summed E-state index contributed by atoms with van der Waals surface area (Å²) in [6.07, 6.45) is 0.927. The Morgan fingerprint density at radius 2 is 1.91 bits per heavy atom. The molecule has 0 aromatic carbocycles. The third kappa shape index (κ3) is 5.06. The minimum absolute atomic E-state index is 0.0265. The molecule has 5 heteroatoms. The van der Waals surface area contributed by atoms with Gasteiger partial charge < -0.3 is 19.0 Å². The summed E-state index contributed by atoms with van der Waals surface area (Å²) in [7, 11) is 0. The molecule has 22 heavy (non-hydrogen) atoms. The topological polar surface area (TPSA) is 61.8 Å². The van der Waals surface area contributed by atoms with Crippen LogP contribution in [-0.2, 0) is 23.8 Å². The van der Waals surface area contributed by atoms with Crippen LogP contribution in [0.15, 0.2) is 0 Å². The van der Waals surface area contributed by atoms with Gasteiger partial charge in [0.2, 0.25) is 0 Å². The molecule has 1 aliphatic rings. The molecule has 0 aliphatic carbocycles. The van der Waals surface area contributed by atoms with Crippen LogP contribution in [-0.4, -0.2) is 36.9 Å². The first kappa shape index (κ1) is 19.1. The summed E-state index contributed by atoms with van der Waals surface area (Å²) < 4.78 is 17.2. The Kier molecular flexibility index (Phi) is 6.16. The van der Waals surface area contributed by atoms with Gasteiger partial charge in [0.15, 0.2) is 5.79 Å². The number of hydrogen-bond acceptors (Lipinski definition) is 5. The summed E-state index contributed by atoms with van der Waals surface area (Å²) >= 11 is 0. The molecule has 1 fully saturated rings. The third-order valence-corrected chi connectivity index (χ3v) is 3.94. The van der Waals surface area contributed by atoms with Crippen LogP contribution >= 0.6 is 0 Å². The Morgan fingerprint density at radius 3 is 2.41 bits per heavy atom. The Hall–Kier alpha value is -0.940. The summed E-state index contributed by atoms with van der Waals surface area (Å²) in [5.41, 5.74) is -0.513. The normalized spacial score (nSPS) is 29.7. The van der Waals surface area contributed by atoms with Crippen LogP contribution in [0.2, 0.25) is 0 Å². The maximum atomic E-state index is 11.9. The first-order chi connectivity index (χ1) is 9.98. The van der Waals surface area contributed by atoms with Crippen molar-refractivity contribution in [2.75, 3.05) is 6.61 Å². The second kappa shape index (κ2) is 7.09. The van der Waals surface area contributed by atoms with E-state index in [9.17, 15) is 9.59 Å². The Bertz CT molecular complexity index is 396. The molecule has 0 spiro atoms. The third-order valence-electron chi connectivity index (χ3n) is 3.94. The smallest absolute Gasteiger partial charge is 0.311 e. The average molecular weight is 314 g/mol. The van der Waals surface area contributed by atoms with Crippen LogP contribution in [0.4, 0.5) is 0 Å². The Morgan fingerprint density at radius 1 is 1.32 bits per heavy atom. The molecule has 0 aromatic heterocycles. The van der Waals surface area contributed by atoms with Crippen LogP contribution in [0.5, 0.6) is 0 Å². The van der Waals surface area contributed by atoms with E-state index in [0.29, 0.717) is 13.0 Å². The van der Waals surface area contributed by atoms with Gasteiger partial charge in [0.25, 0.3) is 0 Å². The number of ether oxygens (including phenoxy) is 3. The summed E-state index contributed by atoms with van der Waals surface area (Å²) in [6, 6.07) is 0. The van der Waals surface area contributed by atoms with E-state index in [1.54, 1.807) is 0 Å². The molecular formula is C17H30O5. The Balaban J connectivity index is 2.71. The van der Waals surface area contributed by atoms with Crippen LogP contribution in [0.3, 0.4) is 0 Å². The first-order valence-electron chi connectivity index (χ1n) is 7.94. The summed E-state index contributed by atoms with van der Waals surface area (Å²) in [4.78, 5) is 22.7. The largest absolute Gasteiger partial charge is 0.465 e. The molecule has 5 nitrogen and oxygen atoms in total. The highest BCUT2D eigenvalue weighted by molar-refractivity contribution is 5.75. The van der Waals surface area contributed by atoms with Crippen LogP contribution < -0.4 is 0 Å². The molecule has 1 heterocycles. The molecule has 0 unspecified atom stereocenters. The van der Waals surface area contributed by atoms with Gasteiger partial charge in [-0.3, -0.25) is 4.79 Å². The molecule has 0 bridgehead atoms. The maximum Gasteiger partial charge on any atom is 0.311 e. The number of carbonyl (C=O) groups is 2. The van der Waals surface area contributed by atoms with Gasteiger partial charge in [-0.25, -0.2) is 0 Å². The zero-order valence-corrected chi connectivity index (χ0v) is 14.8. The van der Waals surface area contributed by atoms with Crippen molar-refractivity contribution in [2.24, 2.45) is 17.3 Å². The second-order valence-corrected chi connectivity index (χ2v) is 7.73. The zero-order valence-electron chi connectivity index (χ0n) is 14.8. The summed E-state index contributed by atoms with van der Waals surface area (Å²) in [6.45, 7) is 13.5. The lowest BCUT2D eigenvalue weighted by Gasteiger charge is -2.46. The molecule has 0 N–H and O–H groups in total. The van der Waals surface area contributed by atoms with Gasteiger partial charge in [-0.05, 0) is 34.6 Å². The fraction of sp³-hybridized carbons (Fsp3) is 0.882. The average Bonchev–Trinajstić information content (AvgIpc) is 2.38.